The van der Waals surface area contributed by atoms with Gasteiger partial charge in [0.2, 0.25) is 10.0 Å². The summed E-state index contributed by atoms with van der Waals surface area (Å²) in [5.74, 6) is 1.76. The minimum Gasteiger partial charge on any atom is -0.208 e. The number of sulfonamides is 1. The maximum absolute atomic E-state index is 12.5. The van der Waals surface area contributed by atoms with Crippen LogP contribution in [0.3, 0.4) is 0 Å². The fourth-order valence-electron chi connectivity index (χ4n) is 2.09. The molecule has 0 bridgehead atoms. The molecule has 0 amide bonds. The lowest BCUT2D eigenvalue weighted by molar-refractivity contribution is 0.572. The van der Waals surface area contributed by atoms with E-state index in [1.54, 1.807) is 23.9 Å². The Morgan fingerprint density at radius 3 is 2.60 bits per heavy atom. The second-order valence-corrected chi connectivity index (χ2v) is 7.66. The third-order valence-electron chi connectivity index (χ3n) is 2.97. The average molecular weight is 309 g/mol. The predicted octanol–water partition coefficient (Wildman–Crippen LogP) is 3.26. The molecule has 0 aliphatic heterocycles. The molecule has 0 saturated heterocycles. The monoisotopic (exact) mass is 309 g/mol. The number of benzene rings is 2. The van der Waals surface area contributed by atoms with Gasteiger partial charge in [0.25, 0.3) is 0 Å². The van der Waals surface area contributed by atoms with E-state index in [-0.39, 0.29) is 6.04 Å². The van der Waals surface area contributed by atoms with Crippen molar-refractivity contribution in [3.63, 3.8) is 0 Å². The quantitative estimate of drug-likeness (QED) is 0.891. The molecular formula is C15H19NO2S2. The molecule has 0 fully saturated rings. The van der Waals surface area contributed by atoms with E-state index in [4.69, 9.17) is 0 Å². The molecule has 3 nitrogen and oxygen atoms in total. The highest BCUT2D eigenvalue weighted by molar-refractivity contribution is 7.99. The molecule has 0 saturated carbocycles. The van der Waals surface area contributed by atoms with Crippen molar-refractivity contribution in [2.75, 3.05) is 11.5 Å². The molecule has 0 aliphatic carbocycles. The highest BCUT2D eigenvalue weighted by atomic mass is 32.2. The fraction of sp³-hybridized carbons (Fsp3) is 0.333. The predicted molar refractivity (Wildman–Crippen MR) is 86.7 cm³/mol. The van der Waals surface area contributed by atoms with Gasteiger partial charge in [0.15, 0.2) is 0 Å². The summed E-state index contributed by atoms with van der Waals surface area (Å²) in [5, 5.41) is 1.70. The van der Waals surface area contributed by atoms with Crippen LogP contribution in [0.5, 0.6) is 0 Å². The number of fused-ring (bicyclic) bond motifs is 1. The van der Waals surface area contributed by atoms with Crippen LogP contribution in [0, 0.1) is 0 Å². The Bertz CT molecular complexity index is 678. The first-order valence-corrected chi connectivity index (χ1v) is 9.26. The number of thioether (sulfide) groups is 1. The van der Waals surface area contributed by atoms with Crippen molar-refractivity contribution in [2.24, 2.45) is 0 Å². The van der Waals surface area contributed by atoms with Gasteiger partial charge in [-0.05, 0) is 24.1 Å². The Hall–Kier alpha value is -1.04. The Labute approximate surface area is 124 Å². The van der Waals surface area contributed by atoms with Crippen LogP contribution in [0.4, 0.5) is 0 Å². The van der Waals surface area contributed by atoms with E-state index in [9.17, 15) is 8.42 Å². The SMILES string of the molecule is CCSCC(C)NS(=O)(=O)c1cccc2ccccc12. The van der Waals surface area contributed by atoms with Crippen molar-refractivity contribution < 1.29 is 8.42 Å². The number of nitrogens with one attached hydrogen (secondary N) is 1. The average Bonchev–Trinajstić information content (AvgIpc) is 2.44. The maximum Gasteiger partial charge on any atom is 0.241 e. The first-order chi connectivity index (χ1) is 9.54. The molecule has 0 aliphatic rings. The van der Waals surface area contributed by atoms with Crippen molar-refractivity contribution in [3.8, 4) is 0 Å². The smallest absolute Gasteiger partial charge is 0.208 e. The van der Waals surface area contributed by atoms with Crippen LogP contribution < -0.4 is 4.72 Å². The third-order valence-corrected chi connectivity index (χ3v) is 5.76. The normalized spacial score (nSPS) is 13.5. The molecule has 0 aromatic heterocycles. The van der Waals surface area contributed by atoms with Gasteiger partial charge in [-0.25, -0.2) is 13.1 Å². The Balaban J connectivity index is 2.32. The summed E-state index contributed by atoms with van der Waals surface area (Å²) in [4.78, 5) is 0.351. The van der Waals surface area contributed by atoms with Crippen LogP contribution in [0.25, 0.3) is 10.8 Å². The minimum atomic E-state index is -3.48. The lowest BCUT2D eigenvalue weighted by Crippen LogP contribution is -2.34. The summed E-state index contributed by atoms with van der Waals surface area (Å²) in [5.41, 5.74) is 0. The molecular weight excluding hydrogens is 290 g/mol. The molecule has 2 rings (SSSR count). The fourth-order valence-corrected chi connectivity index (χ4v) is 4.34. The maximum atomic E-state index is 12.5. The summed E-state index contributed by atoms with van der Waals surface area (Å²) in [6.07, 6.45) is 0. The number of hydrogen-bond acceptors (Lipinski definition) is 3. The van der Waals surface area contributed by atoms with Crippen molar-refractivity contribution in [1.29, 1.82) is 0 Å². The summed E-state index contributed by atoms with van der Waals surface area (Å²) in [6, 6.07) is 12.8. The molecule has 2 aromatic carbocycles. The van der Waals surface area contributed by atoms with Gasteiger partial charge in [-0.15, -0.1) is 0 Å². The van der Waals surface area contributed by atoms with E-state index in [0.29, 0.717) is 4.90 Å². The van der Waals surface area contributed by atoms with E-state index >= 15 is 0 Å². The lowest BCUT2D eigenvalue weighted by Gasteiger charge is -2.14. The third kappa shape index (κ3) is 3.53. The van der Waals surface area contributed by atoms with Gasteiger partial charge in [0.05, 0.1) is 4.90 Å². The van der Waals surface area contributed by atoms with Gasteiger partial charge < -0.3 is 0 Å². The first kappa shape index (κ1) is 15.4. The van der Waals surface area contributed by atoms with Gasteiger partial charge >= 0.3 is 0 Å². The topological polar surface area (TPSA) is 46.2 Å². The van der Waals surface area contributed by atoms with Crippen molar-refractivity contribution in [3.05, 3.63) is 42.5 Å². The highest BCUT2D eigenvalue weighted by Gasteiger charge is 2.19. The number of rotatable bonds is 6. The van der Waals surface area contributed by atoms with Gasteiger partial charge in [0, 0.05) is 17.2 Å². The van der Waals surface area contributed by atoms with Gasteiger partial charge in [-0.3, -0.25) is 0 Å². The van der Waals surface area contributed by atoms with E-state index in [1.807, 2.05) is 37.3 Å². The molecule has 2 aromatic rings. The summed E-state index contributed by atoms with van der Waals surface area (Å²) >= 11 is 1.73. The van der Waals surface area contributed by atoms with E-state index in [0.717, 1.165) is 22.3 Å². The zero-order chi connectivity index (χ0) is 14.6. The van der Waals surface area contributed by atoms with Crippen molar-refractivity contribution in [2.45, 2.75) is 24.8 Å². The Kier molecular flexibility index (Phi) is 5.07. The molecule has 0 radical (unpaired) electrons. The standard InChI is InChI=1S/C15H19NO2S2/c1-3-19-11-12(2)16-20(17,18)15-10-6-8-13-7-4-5-9-14(13)15/h4-10,12,16H,3,11H2,1-2H3. The molecule has 0 spiro atoms. The zero-order valence-electron chi connectivity index (χ0n) is 11.7. The second-order valence-electron chi connectivity index (χ2n) is 4.66. The van der Waals surface area contributed by atoms with Crippen LogP contribution in [0.1, 0.15) is 13.8 Å². The Morgan fingerprint density at radius 1 is 1.15 bits per heavy atom. The molecule has 0 heterocycles. The summed E-state index contributed by atoms with van der Waals surface area (Å²) in [6.45, 7) is 3.96. The summed E-state index contributed by atoms with van der Waals surface area (Å²) < 4.78 is 27.7. The Morgan fingerprint density at radius 2 is 1.85 bits per heavy atom. The van der Waals surface area contributed by atoms with Crippen LogP contribution in [-0.2, 0) is 10.0 Å². The van der Waals surface area contributed by atoms with Crippen LogP contribution in [0.2, 0.25) is 0 Å². The van der Waals surface area contributed by atoms with Crippen molar-refractivity contribution >= 4 is 32.6 Å². The highest BCUT2D eigenvalue weighted by Crippen LogP contribution is 2.22. The second kappa shape index (κ2) is 6.61. The van der Waals surface area contributed by atoms with Gasteiger partial charge in [0.1, 0.15) is 0 Å². The zero-order valence-corrected chi connectivity index (χ0v) is 13.3. The molecule has 5 heteroatoms. The molecule has 20 heavy (non-hydrogen) atoms. The van der Waals surface area contributed by atoms with E-state index < -0.39 is 10.0 Å². The number of hydrogen-bond donors (Lipinski definition) is 1. The van der Waals surface area contributed by atoms with E-state index in [1.165, 1.54) is 0 Å². The van der Waals surface area contributed by atoms with E-state index in [2.05, 4.69) is 11.6 Å². The lowest BCUT2D eigenvalue weighted by atomic mass is 10.1. The summed E-state index contributed by atoms with van der Waals surface area (Å²) in [7, 11) is -3.48. The molecule has 1 N–H and O–H groups in total. The van der Waals surface area contributed by atoms with Crippen LogP contribution in [0.15, 0.2) is 47.4 Å². The first-order valence-electron chi connectivity index (χ1n) is 6.62. The van der Waals surface area contributed by atoms with Gasteiger partial charge in [-0.1, -0.05) is 43.3 Å². The van der Waals surface area contributed by atoms with Gasteiger partial charge in [-0.2, -0.15) is 11.8 Å². The van der Waals surface area contributed by atoms with Crippen LogP contribution >= 0.6 is 11.8 Å². The molecule has 1 atom stereocenters. The minimum absolute atomic E-state index is 0.0797. The van der Waals surface area contributed by atoms with Crippen LogP contribution in [-0.4, -0.2) is 26.0 Å². The van der Waals surface area contributed by atoms with Crippen molar-refractivity contribution in [1.82, 2.24) is 4.72 Å². The molecule has 108 valence electrons. The largest absolute Gasteiger partial charge is 0.241 e. The molecule has 1 unspecified atom stereocenters.